The molecule has 0 aliphatic carbocycles. The van der Waals surface area contributed by atoms with Crippen molar-refractivity contribution in [2.75, 3.05) is 23.4 Å². The molecule has 134 valence electrons. The van der Waals surface area contributed by atoms with Gasteiger partial charge in [-0.05, 0) is 31.9 Å². The topological polar surface area (TPSA) is 59.4 Å². The van der Waals surface area contributed by atoms with Crippen molar-refractivity contribution < 1.29 is 9.53 Å². The summed E-state index contributed by atoms with van der Waals surface area (Å²) in [4.78, 5) is 14.7. The standard InChI is InChI=1S/C19H26N4O2/c1-12(2)16-10-23(17-9-7-6-8-15(17)20-16)18(24)11-25-19-13(3)21-22(5)14(19)4/h6-9,12,16,20H,10-11H2,1-5H3/t16-/m1/s1. The maximum atomic E-state index is 12.9. The Morgan fingerprint density at radius 3 is 2.72 bits per heavy atom. The van der Waals surface area contributed by atoms with Crippen molar-refractivity contribution in [2.24, 2.45) is 13.0 Å². The Labute approximate surface area is 148 Å². The second-order valence-corrected chi connectivity index (χ2v) is 6.93. The molecule has 1 aromatic heterocycles. The van der Waals surface area contributed by atoms with Gasteiger partial charge in [0.1, 0.15) is 5.69 Å². The van der Waals surface area contributed by atoms with Gasteiger partial charge in [0.2, 0.25) is 0 Å². The number of benzene rings is 1. The van der Waals surface area contributed by atoms with Crippen molar-refractivity contribution in [1.82, 2.24) is 9.78 Å². The number of fused-ring (bicyclic) bond motifs is 1. The van der Waals surface area contributed by atoms with E-state index in [0.717, 1.165) is 22.8 Å². The van der Waals surface area contributed by atoms with Gasteiger partial charge in [-0.2, -0.15) is 5.10 Å². The summed E-state index contributed by atoms with van der Waals surface area (Å²) < 4.78 is 7.59. The van der Waals surface area contributed by atoms with Crippen LogP contribution in [0.3, 0.4) is 0 Å². The maximum Gasteiger partial charge on any atom is 0.265 e. The van der Waals surface area contributed by atoms with Crippen LogP contribution in [-0.4, -0.2) is 34.9 Å². The van der Waals surface area contributed by atoms with Crippen molar-refractivity contribution in [3.05, 3.63) is 35.7 Å². The van der Waals surface area contributed by atoms with E-state index in [4.69, 9.17) is 4.74 Å². The summed E-state index contributed by atoms with van der Waals surface area (Å²) in [6.07, 6.45) is 0. The molecule has 2 heterocycles. The summed E-state index contributed by atoms with van der Waals surface area (Å²) in [7, 11) is 1.87. The predicted octanol–water partition coefficient (Wildman–Crippen LogP) is 2.90. The Bertz CT molecular complexity index is 782. The van der Waals surface area contributed by atoms with Gasteiger partial charge in [-0.3, -0.25) is 9.48 Å². The molecule has 1 aliphatic heterocycles. The number of aryl methyl sites for hydroxylation is 2. The molecule has 0 saturated heterocycles. The van der Waals surface area contributed by atoms with Crippen molar-refractivity contribution >= 4 is 17.3 Å². The highest BCUT2D eigenvalue weighted by molar-refractivity contribution is 5.98. The van der Waals surface area contributed by atoms with Crippen LogP contribution in [-0.2, 0) is 11.8 Å². The van der Waals surface area contributed by atoms with Crippen molar-refractivity contribution in [2.45, 2.75) is 33.7 Å². The number of hydrogen-bond acceptors (Lipinski definition) is 4. The van der Waals surface area contributed by atoms with Crippen LogP contribution in [0.4, 0.5) is 11.4 Å². The van der Waals surface area contributed by atoms with Crippen molar-refractivity contribution in [3.63, 3.8) is 0 Å². The second-order valence-electron chi connectivity index (χ2n) is 6.93. The van der Waals surface area contributed by atoms with Crippen LogP contribution in [0.2, 0.25) is 0 Å². The molecule has 1 N–H and O–H groups in total. The average molecular weight is 342 g/mol. The van der Waals surface area contributed by atoms with Crippen LogP contribution in [0.1, 0.15) is 25.2 Å². The number of amides is 1. The second kappa shape index (κ2) is 6.78. The van der Waals surface area contributed by atoms with Crippen molar-refractivity contribution in [3.8, 4) is 5.75 Å². The third-order valence-corrected chi connectivity index (χ3v) is 4.80. The number of hydrogen-bond donors (Lipinski definition) is 1. The van der Waals surface area contributed by atoms with Crippen LogP contribution in [0.15, 0.2) is 24.3 Å². The zero-order valence-corrected chi connectivity index (χ0v) is 15.5. The number of aromatic nitrogens is 2. The number of nitrogens with one attached hydrogen (secondary N) is 1. The lowest BCUT2D eigenvalue weighted by Crippen LogP contribution is -2.48. The van der Waals surface area contributed by atoms with Gasteiger partial charge in [0, 0.05) is 19.6 Å². The largest absolute Gasteiger partial charge is 0.480 e. The molecule has 6 nitrogen and oxygen atoms in total. The minimum atomic E-state index is -0.0396. The van der Waals surface area contributed by atoms with Crippen LogP contribution in [0.5, 0.6) is 5.75 Å². The Morgan fingerprint density at radius 1 is 1.36 bits per heavy atom. The molecule has 0 radical (unpaired) electrons. The first-order valence-corrected chi connectivity index (χ1v) is 8.67. The van der Waals surface area contributed by atoms with E-state index in [1.165, 1.54) is 0 Å². The number of carbonyl (C=O) groups excluding carboxylic acids is 1. The summed E-state index contributed by atoms with van der Waals surface area (Å²) >= 11 is 0. The molecule has 1 amide bonds. The Hall–Kier alpha value is -2.50. The zero-order valence-electron chi connectivity index (χ0n) is 15.5. The number of rotatable bonds is 4. The molecule has 0 spiro atoms. The van der Waals surface area contributed by atoms with Gasteiger partial charge >= 0.3 is 0 Å². The molecule has 1 aliphatic rings. The zero-order chi connectivity index (χ0) is 18.1. The predicted molar refractivity (Wildman–Crippen MR) is 99.2 cm³/mol. The summed E-state index contributed by atoms with van der Waals surface area (Å²) in [5.41, 5.74) is 3.63. The molecule has 1 aromatic carbocycles. The SMILES string of the molecule is Cc1nn(C)c(C)c1OCC(=O)N1C[C@H](C(C)C)Nc2ccccc21. The minimum absolute atomic E-state index is 0.00647. The fourth-order valence-electron chi connectivity index (χ4n) is 3.16. The summed E-state index contributed by atoms with van der Waals surface area (Å²) in [6, 6.07) is 8.14. The Kier molecular flexibility index (Phi) is 4.70. The molecule has 1 atom stereocenters. The van der Waals surface area contributed by atoms with Gasteiger partial charge in [-0.25, -0.2) is 0 Å². The monoisotopic (exact) mass is 342 g/mol. The Balaban J connectivity index is 1.79. The quantitative estimate of drug-likeness (QED) is 0.928. The van der Waals surface area contributed by atoms with Gasteiger partial charge in [0.15, 0.2) is 12.4 Å². The van der Waals surface area contributed by atoms with Crippen LogP contribution < -0.4 is 15.0 Å². The maximum absolute atomic E-state index is 12.9. The van der Waals surface area contributed by atoms with E-state index >= 15 is 0 Å². The fraction of sp³-hybridized carbons (Fsp3) is 0.474. The first-order valence-electron chi connectivity index (χ1n) is 8.67. The van der Waals surface area contributed by atoms with E-state index in [9.17, 15) is 4.79 Å². The van der Waals surface area contributed by atoms with Gasteiger partial charge in [-0.1, -0.05) is 26.0 Å². The lowest BCUT2D eigenvalue weighted by Gasteiger charge is -2.37. The van der Waals surface area contributed by atoms with Crippen LogP contribution in [0, 0.1) is 19.8 Å². The first kappa shape index (κ1) is 17.3. The summed E-state index contributed by atoms with van der Waals surface area (Å²) in [5.74, 6) is 1.08. The van der Waals surface area contributed by atoms with E-state index in [0.29, 0.717) is 18.2 Å². The molecule has 0 fully saturated rings. The molecular formula is C19H26N4O2. The van der Waals surface area contributed by atoms with Gasteiger partial charge < -0.3 is 15.0 Å². The Morgan fingerprint density at radius 2 is 2.08 bits per heavy atom. The van der Waals surface area contributed by atoms with Gasteiger partial charge in [0.05, 0.1) is 17.1 Å². The molecule has 3 rings (SSSR count). The number of para-hydroxylation sites is 2. The fourth-order valence-corrected chi connectivity index (χ4v) is 3.16. The first-order chi connectivity index (χ1) is 11.9. The van der Waals surface area contributed by atoms with E-state index in [2.05, 4.69) is 24.3 Å². The number of nitrogens with zero attached hydrogens (tertiary/aromatic N) is 3. The molecule has 0 unspecified atom stereocenters. The van der Waals surface area contributed by atoms with Crippen LogP contribution >= 0.6 is 0 Å². The van der Waals surface area contributed by atoms with E-state index in [-0.39, 0.29) is 18.6 Å². The third kappa shape index (κ3) is 3.34. The molecule has 0 saturated carbocycles. The van der Waals surface area contributed by atoms with E-state index < -0.39 is 0 Å². The van der Waals surface area contributed by atoms with Gasteiger partial charge in [0.25, 0.3) is 5.91 Å². The lowest BCUT2D eigenvalue weighted by molar-refractivity contribution is -0.120. The third-order valence-electron chi connectivity index (χ3n) is 4.80. The molecule has 2 aromatic rings. The highest BCUT2D eigenvalue weighted by Crippen LogP contribution is 2.32. The number of ether oxygens (including phenoxy) is 1. The number of anilines is 2. The minimum Gasteiger partial charge on any atom is -0.480 e. The smallest absolute Gasteiger partial charge is 0.265 e. The van der Waals surface area contributed by atoms with Gasteiger partial charge in [-0.15, -0.1) is 0 Å². The molecule has 25 heavy (non-hydrogen) atoms. The number of carbonyl (C=O) groups is 1. The van der Waals surface area contributed by atoms with E-state index in [1.807, 2.05) is 50.1 Å². The lowest BCUT2D eigenvalue weighted by atomic mass is 10.00. The van der Waals surface area contributed by atoms with Crippen LogP contribution in [0.25, 0.3) is 0 Å². The molecule has 0 bridgehead atoms. The molecular weight excluding hydrogens is 316 g/mol. The van der Waals surface area contributed by atoms with E-state index in [1.54, 1.807) is 4.68 Å². The summed E-state index contributed by atoms with van der Waals surface area (Å²) in [5, 5.41) is 7.86. The summed E-state index contributed by atoms with van der Waals surface area (Å²) in [6.45, 7) is 8.80. The van der Waals surface area contributed by atoms with Crippen molar-refractivity contribution in [1.29, 1.82) is 0 Å². The molecule has 6 heteroatoms. The highest BCUT2D eigenvalue weighted by Gasteiger charge is 2.29. The highest BCUT2D eigenvalue weighted by atomic mass is 16.5. The average Bonchev–Trinajstić information content (AvgIpc) is 2.83. The normalized spacial score (nSPS) is 16.6.